The molecule has 0 bridgehead atoms. The molecular formula is C30H30F5N5O2. The summed E-state index contributed by atoms with van der Waals surface area (Å²) in [6.07, 6.45) is -1.38. The predicted molar refractivity (Wildman–Crippen MR) is 142 cm³/mol. The highest BCUT2D eigenvalue weighted by molar-refractivity contribution is 6.10. The van der Waals surface area contributed by atoms with Crippen LogP contribution in [0.25, 0.3) is 0 Å². The number of hydrogen-bond acceptors (Lipinski definition) is 5. The van der Waals surface area contributed by atoms with E-state index < -0.39 is 34.4 Å². The van der Waals surface area contributed by atoms with Gasteiger partial charge < -0.3 is 19.5 Å². The Kier molecular flexibility index (Phi) is 5.92. The van der Waals surface area contributed by atoms with E-state index in [1.165, 1.54) is 11.0 Å². The van der Waals surface area contributed by atoms with Crippen LogP contribution in [0.15, 0.2) is 42.7 Å². The van der Waals surface area contributed by atoms with Crippen molar-refractivity contribution in [3.05, 3.63) is 76.4 Å². The van der Waals surface area contributed by atoms with Crippen LogP contribution in [0.1, 0.15) is 64.1 Å². The van der Waals surface area contributed by atoms with Gasteiger partial charge in [0.15, 0.2) is 0 Å². The van der Waals surface area contributed by atoms with Gasteiger partial charge in [0.2, 0.25) is 0 Å². The smallest absolute Gasteiger partial charge is 0.381 e. The maximum absolute atomic E-state index is 14.2. The normalized spacial score (nSPS) is 29.1. The number of carbonyl (C=O) groups is 1. The standard InChI is InChI=1S/C30H30F5N5O2/c1-39-16-37-38-26(39)27(10-21(11-27)42-2)18-4-3-5-20(8-18)40-14-23-22(25(40)41)6-17(7-24(23)30(33,34)35)12-36-13-19-9-28(19)15-29(28,31)32/h3-8,16,19,21,36H,9-15H2,1-2H3. The van der Waals surface area contributed by atoms with Crippen LogP contribution in [0.4, 0.5) is 27.6 Å². The average Bonchev–Trinajstić information content (AvgIpc) is 3.59. The van der Waals surface area contributed by atoms with Crippen LogP contribution in [-0.2, 0) is 36.5 Å². The molecule has 1 aromatic heterocycles. The van der Waals surface area contributed by atoms with Crippen molar-refractivity contribution in [3.8, 4) is 0 Å². The number of fused-ring (bicyclic) bond motifs is 1. The molecule has 2 aromatic carbocycles. The minimum absolute atomic E-state index is 0.00903. The third kappa shape index (κ3) is 4.09. The first-order chi connectivity index (χ1) is 19.9. The molecule has 1 amide bonds. The fourth-order valence-electron chi connectivity index (χ4n) is 7.21. The van der Waals surface area contributed by atoms with Crippen molar-refractivity contribution < 1.29 is 31.5 Å². The van der Waals surface area contributed by atoms with E-state index in [4.69, 9.17) is 4.74 Å². The van der Waals surface area contributed by atoms with E-state index in [9.17, 15) is 26.7 Å². The number of ether oxygens (including phenoxy) is 1. The summed E-state index contributed by atoms with van der Waals surface area (Å²) in [5, 5.41) is 11.4. The van der Waals surface area contributed by atoms with Crippen molar-refractivity contribution in [2.24, 2.45) is 18.4 Å². The Balaban J connectivity index is 1.15. The number of aromatic nitrogens is 3. The number of halogens is 5. The Labute approximate surface area is 239 Å². The van der Waals surface area contributed by atoms with E-state index in [0.717, 1.165) is 17.5 Å². The molecule has 3 saturated carbocycles. The molecule has 3 fully saturated rings. The summed E-state index contributed by atoms with van der Waals surface area (Å²) in [6, 6.07) is 9.86. The molecule has 12 heteroatoms. The van der Waals surface area contributed by atoms with Crippen LogP contribution in [0.2, 0.25) is 0 Å². The van der Waals surface area contributed by atoms with Gasteiger partial charge in [-0.05, 0) is 72.7 Å². The molecule has 2 atom stereocenters. The van der Waals surface area contributed by atoms with Gasteiger partial charge in [-0.3, -0.25) is 4.79 Å². The summed E-state index contributed by atoms with van der Waals surface area (Å²) < 4.78 is 77.1. The number of aryl methyl sites for hydroxylation is 1. The number of nitrogens with one attached hydrogen (secondary N) is 1. The zero-order valence-electron chi connectivity index (χ0n) is 23.1. The fraction of sp³-hybridized carbons (Fsp3) is 0.500. The van der Waals surface area contributed by atoms with Crippen molar-refractivity contribution in [3.63, 3.8) is 0 Å². The molecule has 3 aliphatic carbocycles. The van der Waals surface area contributed by atoms with Gasteiger partial charge >= 0.3 is 6.18 Å². The maximum atomic E-state index is 14.2. The van der Waals surface area contributed by atoms with E-state index in [0.29, 0.717) is 37.1 Å². The van der Waals surface area contributed by atoms with Crippen molar-refractivity contribution >= 4 is 11.6 Å². The van der Waals surface area contributed by atoms with Gasteiger partial charge in [0, 0.05) is 43.8 Å². The highest BCUT2D eigenvalue weighted by Gasteiger charge is 2.82. The summed E-state index contributed by atoms with van der Waals surface area (Å²) in [4.78, 5) is 15.0. The van der Waals surface area contributed by atoms with Gasteiger partial charge in [0.25, 0.3) is 11.8 Å². The second kappa shape index (κ2) is 9.06. The molecule has 4 aliphatic rings. The average molecular weight is 588 g/mol. The monoisotopic (exact) mass is 587 g/mol. The molecule has 42 heavy (non-hydrogen) atoms. The lowest BCUT2D eigenvalue weighted by atomic mass is 9.62. The van der Waals surface area contributed by atoms with Gasteiger partial charge in [-0.15, -0.1) is 10.2 Å². The van der Waals surface area contributed by atoms with Gasteiger partial charge in [0.05, 0.1) is 23.6 Å². The molecule has 1 spiro atoms. The second-order valence-electron chi connectivity index (χ2n) is 12.3. The van der Waals surface area contributed by atoms with Crippen LogP contribution in [-0.4, -0.2) is 46.4 Å². The summed E-state index contributed by atoms with van der Waals surface area (Å²) in [7, 11) is 3.51. The van der Waals surface area contributed by atoms with E-state index in [-0.39, 0.29) is 42.7 Å². The van der Waals surface area contributed by atoms with Crippen LogP contribution in [0.3, 0.4) is 0 Å². The van der Waals surface area contributed by atoms with E-state index >= 15 is 0 Å². The van der Waals surface area contributed by atoms with E-state index in [1.807, 2.05) is 23.7 Å². The molecule has 1 aliphatic heterocycles. The van der Waals surface area contributed by atoms with E-state index in [2.05, 4.69) is 15.5 Å². The quantitative estimate of drug-likeness (QED) is 0.366. The topological polar surface area (TPSA) is 72.3 Å². The third-order valence-corrected chi connectivity index (χ3v) is 9.84. The first-order valence-electron chi connectivity index (χ1n) is 14.0. The van der Waals surface area contributed by atoms with Crippen molar-refractivity contribution in [1.29, 1.82) is 0 Å². The molecule has 2 heterocycles. The summed E-state index contributed by atoms with van der Waals surface area (Å²) in [5.74, 6) is -2.55. The van der Waals surface area contributed by atoms with Gasteiger partial charge in [-0.2, -0.15) is 13.2 Å². The first-order valence-corrected chi connectivity index (χ1v) is 14.0. The minimum atomic E-state index is -4.66. The highest BCUT2D eigenvalue weighted by atomic mass is 19.4. The number of benzene rings is 2. The number of anilines is 1. The lowest BCUT2D eigenvalue weighted by molar-refractivity contribution is -0.138. The maximum Gasteiger partial charge on any atom is 0.416 e. The zero-order valence-corrected chi connectivity index (χ0v) is 23.1. The Bertz CT molecular complexity index is 1580. The molecule has 0 radical (unpaired) electrons. The number of rotatable bonds is 8. The Morgan fingerprint density at radius 3 is 2.52 bits per heavy atom. The lowest BCUT2D eigenvalue weighted by Crippen LogP contribution is -2.48. The molecule has 3 aromatic rings. The number of carbonyl (C=O) groups excluding carboxylic acids is 1. The second-order valence-corrected chi connectivity index (χ2v) is 12.3. The van der Waals surface area contributed by atoms with Crippen LogP contribution in [0, 0.1) is 11.3 Å². The van der Waals surface area contributed by atoms with Gasteiger partial charge in [-0.1, -0.05) is 12.1 Å². The molecule has 2 unspecified atom stereocenters. The molecule has 7 nitrogen and oxygen atoms in total. The predicted octanol–water partition coefficient (Wildman–Crippen LogP) is 5.22. The van der Waals surface area contributed by atoms with Crippen LogP contribution < -0.4 is 10.2 Å². The SMILES string of the molecule is COC1CC(c2cccc(N3Cc4c(cc(CNCC5CC56CC6(F)F)cc4C(F)(F)F)C3=O)c2)(c2nncn2C)C1. The summed E-state index contributed by atoms with van der Waals surface area (Å²) in [5.41, 5.74) is -0.641. The van der Waals surface area contributed by atoms with Crippen LogP contribution >= 0.6 is 0 Å². The lowest BCUT2D eigenvalue weighted by Gasteiger charge is -2.46. The van der Waals surface area contributed by atoms with Crippen molar-refractivity contribution in [2.75, 3.05) is 18.6 Å². The minimum Gasteiger partial charge on any atom is -0.381 e. The zero-order chi connectivity index (χ0) is 29.7. The third-order valence-electron chi connectivity index (χ3n) is 9.84. The fourth-order valence-corrected chi connectivity index (χ4v) is 7.21. The molecule has 222 valence electrons. The molecule has 7 rings (SSSR count). The number of amides is 1. The Morgan fingerprint density at radius 2 is 1.90 bits per heavy atom. The van der Waals surface area contributed by atoms with Crippen LogP contribution in [0.5, 0.6) is 0 Å². The van der Waals surface area contributed by atoms with Crippen molar-refractivity contribution in [1.82, 2.24) is 20.1 Å². The Morgan fingerprint density at radius 1 is 1.14 bits per heavy atom. The van der Waals surface area contributed by atoms with E-state index in [1.54, 1.807) is 25.6 Å². The number of hydrogen-bond donors (Lipinski definition) is 1. The number of alkyl halides is 5. The first kappa shape index (κ1) is 27.5. The number of methoxy groups -OCH3 is 1. The van der Waals surface area contributed by atoms with Gasteiger partial charge in [0.1, 0.15) is 12.2 Å². The summed E-state index contributed by atoms with van der Waals surface area (Å²) in [6.45, 7) is 0.147. The van der Waals surface area contributed by atoms with Crippen molar-refractivity contribution in [2.45, 2.75) is 62.4 Å². The van der Waals surface area contributed by atoms with Gasteiger partial charge in [-0.25, -0.2) is 8.78 Å². The molecular weight excluding hydrogens is 557 g/mol. The molecule has 0 saturated heterocycles. The number of nitrogens with zero attached hydrogens (tertiary/aromatic N) is 4. The molecule has 1 N–H and O–H groups in total. The highest BCUT2D eigenvalue weighted by Crippen LogP contribution is 2.78. The summed E-state index contributed by atoms with van der Waals surface area (Å²) >= 11 is 0. The Hall–Kier alpha value is -3.38. The largest absolute Gasteiger partial charge is 0.416 e.